The predicted molar refractivity (Wildman–Crippen MR) is 175 cm³/mol. The Balaban J connectivity index is 1.33. The van der Waals surface area contributed by atoms with E-state index in [0.29, 0.717) is 62.0 Å². The van der Waals surface area contributed by atoms with Crippen molar-refractivity contribution >= 4 is 34.9 Å². The van der Waals surface area contributed by atoms with Crippen molar-refractivity contribution in [3.63, 3.8) is 0 Å². The standard InChI is InChI=1S/C33H38F3N9O3/c1-4-22-9-8-12-37-27(22)29(47)42-17-15-41(16-18-42)28-25(5-2)44(32-39-31(40-45(32)30(28)48)43-13-6-7-14-43)20-26(46)38-24-11-10-23(19-21(24)3)33(34,35)36/h8-12,19H,4-7,13-18,20H2,1-3H3,(H,38,46). The summed E-state index contributed by atoms with van der Waals surface area (Å²) in [5.41, 5.74) is 1.60. The van der Waals surface area contributed by atoms with E-state index >= 15 is 0 Å². The van der Waals surface area contributed by atoms with Crippen LogP contribution in [0.3, 0.4) is 0 Å². The minimum absolute atomic E-state index is 0.155. The van der Waals surface area contributed by atoms with Crippen LogP contribution in [0, 0.1) is 6.92 Å². The molecule has 1 N–H and O–H groups in total. The molecule has 0 bridgehead atoms. The van der Waals surface area contributed by atoms with E-state index in [2.05, 4.69) is 15.4 Å². The topological polar surface area (TPSA) is 121 Å². The van der Waals surface area contributed by atoms with Crippen molar-refractivity contribution in [2.45, 2.75) is 59.2 Å². The normalized spacial score (nSPS) is 15.4. The number of hydrogen-bond acceptors (Lipinski definition) is 8. The molecule has 0 radical (unpaired) electrons. The summed E-state index contributed by atoms with van der Waals surface area (Å²) in [6.07, 6.45) is 0.113. The molecule has 2 saturated heterocycles. The summed E-state index contributed by atoms with van der Waals surface area (Å²) in [5.74, 6) is -0.0448. The average molecular weight is 666 g/mol. The van der Waals surface area contributed by atoms with Gasteiger partial charge in [0.05, 0.1) is 11.3 Å². The molecule has 254 valence electrons. The van der Waals surface area contributed by atoms with Crippen molar-refractivity contribution in [1.82, 2.24) is 29.0 Å². The molecule has 6 rings (SSSR count). The molecule has 3 aromatic heterocycles. The van der Waals surface area contributed by atoms with Crippen LogP contribution in [0.1, 0.15) is 59.6 Å². The SMILES string of the molecule is CCc1cccnc1C(=O)N1CCN(c2c(CC)n(CC(=O)Nc3ccc(C(F)(F)F)cc3C)c3nc(N4CCCC4)nn3c2=O)CC1. The Morgan fingerprint density at radius 3 is 2.33 bits per heavy atom. The van der Waals surface area contributed by atoms with Crippen molar-refractivity contribution in [3.05, 3.63) is 75.0 Å². The van der Waals surface area contributed by atoms with Crippen LogP contribution in [0.15, 0.2) is 41.3 Å². The summed E-state index contributed by atoms with van der Waals surface area (Å²) in [6.45, 7) is 8.08. The molecule has 1 aromatic carbocycles. The maximum absolute atomic E-state index is 14.1. The first kappa shape index (κ1) is 33.0. The number of pyridine rings is 1. The number of amides is 2. The van der Waals surface area contributed by atoms with Gasteiger partial charge in [0.25, 0.3) is 11.5 Å². The molecule has 0 aliphatic carbocycles. The lowest BCUT2D eigenvalue weighted by Crippen LogP contribution is -2.51. The minimum atomic E-state index is -4.50. The summed E-state index contributed by atoms with van der Waals surface area (Å²) in [7, 11) is 0. The van der Waals surface area contributed by atoms with Crippen molar-refractivity contribution < 1.29 is 22.8 Å². The third-order valence-corrected chi connectivity index (χ3v) is 9.03. The molecule has 0 spiro atoms. The molecule has 0 unspecified atom stereocenters. The quantitative estimate of drug-likeness (QED) is 0.301. The summed E-state index contributed by atoms with van der Waals surface area (Å²) in [4.78, 5) is 55.7. The molecule has 2 aliphatic rings. The Bertz CT molecular complexity index is 1910. The van der Waals surface area contributed by atoms with Gasteiger partial charge < -0.3 is 24.6 Å². The van der Waals surface area contributed by atoms with E-state index in [1.165, 1.54) is 17.5 Å². The number of anilines is 3. The fraction of sp³-hybridized carbons (Fsp3) is 0.455. The number of alkyl halides is 3. The maximum Gasteiger partial charge on any atom is 0.416 e. The van der Waals surface area contributed by atoms with Crippen molar-refractivity contribution in [2.24, 2.45) is 0 Å². The number of rotatable bonds is 8. The lowest BCUT2D eigenvalue weighted by molar-refractivity contribution is -0.137. The highest BCUT2D eigenvalue weighted by Gasteiger charge is 2.32. The second-order valence-corrected chi connectivity index (χ2v) is 12.1. The number of fused-ring (bicyclic) bond motifs is 1. The van der Waals surface area contributed by atoms with Gasteiger partial charge in [-0.3, -0.25) is 19.4 Å². The van der Waals surface area contributed by atoms with Gasteiger partial charge in [-0.15, -0.1) is 5.10 Å². The second kappa shape index (κ2) is 13.3. The summed E-state index contributed by atoms with van der Waals surface area (Å²) < 4.78 is 42.6. The lowest BCUT2D eigenvalue weighted by Gasteiger charge is -2.36. The molecule has 12 nitrogen and oxygen atoms in total. The van der Waals surface area contributed by atoms with Crippen molar-refractivity contribution in [3.8, 4) is 0 Å². The molecular formula is C33H38F3N9O3. The first-order chi connectivity index (χ1) is 23.0. The first-order valence-corrected chi connectivity index (χ1v) is 16.2. The van der Waals surface area contributed by atoms with Gasteiger partial charge in [0.15, 0.2) is 0 Å². The van der Waals surface area contributed by atoms with Crippen LogP contribution in [-0.4, -0.2) is 80.1 Å². The molecule has 2 aliphatic heterocycles. The number of halogens is 3. The van der Waals surface area contributed by atoms with E-state index in [0.717, 1.165) is 43.6 Å². The van der Waals surface area contributed by atoms with E-state index < -0.39 is 17.6 Å². The summed E-state index contributed by atoms with van der Waals surface area (Å²) >= 11 is 0. The number of aromatic nitrogens is 5. The van der Waals surface area contributed by atoms with E-state index in [1.54, 1.807) is 15.7 Å². The Morgan fingerprint density at radius 1 is 0.958 bits per heavy atom. The monoisotopic (exact) mass is 665 g/mol. The van der Waals surface area contributed by atoms with Gasteiger partial charge >= 0.3 is 6.18 Å². The van der Waals surface area contributed by atoms with Gasteiger partial charge in [0, 0.05) is 51.2 Å². The van der Waals surface area contributed by atoms with E-state index in [9.17, 15) is 27.6 Å². The van der Waals surface area contributed by atoms with Crippen LogP contribution >= 0.6 is 0 Å². The summed E-state index contributed by atoms with van der Waals surface area (Å²) in [5, 5.41) is 7.32. The zero-order valence-corrected chi connectivity index (χ0v) is 27.2. The zero-order valence-electron chi connectivity index (χ0n) is 27.2. The van der Waals surface area contributed by atoms with E-state index in [-0.39, 0.29) is 35.0 Å². The Kier molecular flexibility index (Phi) is 9.12. The van der Waals surface area contributed by atoms with Crippen LogP contribution in [0.4, 0.5) is 30.5 Å². The number of piperazine rings is 1. The first-order valence-electron chi connectivity index (χ1n) is 16.2. The Hall–Kier alpha value is -4.95. The number of carbonyl (C=O) groups is 2. The van der Waals surface area contributed by atoms with Crippen molar-refractivity contribution in [2.75, 3.05) is 54.4 Å². The van der Waals surface area contributed by atoms with Gasteiger partial charge in [0.1, 0.15) is 17.9 Å². The largest absolute Gasteiger partial charge is 0.416 e. The van der Waals surface area contributed by atoms with Crippen LogP contribution in [0.25, 0.3) is 5.78 Å². The molecular weight excluding hydrogens is 627 g/mol. The minimum Gasteiger partial charge on any atom is -0.362 e. The number of aryl methyl sites for hydroxylation is 2. The molecule has 4 aromatic rings. The van der Waals surface area contributed by atoms with E-state index in [1.807, 2.05) is 35.8 Å². The van der Waals surface area contributed by atoms with Gasteiger partial charge in [-0.2, -0.15) is 22.7 Å². The summed E-state index contributed by atoms with van der Waals surface area (Å²) in [6, 6.07) is 6.86. The number of nitrogens with zero attached hydrogens (tertiary/aromatic N) is 8. The second-order valence-electron chi connectivity index (χ2n) is 12.1. The smallest absolute Gasteiger partial charge is 0.362 e. The van der Waals surface area contributed by atoms with Gasteiger partial charge in [-0.25, -0.2) is 0 Å². The van der Waals surface area contributed by atoms with E-state index in [4.69, 9.17) is 4.98 Å². The molecule has 0 atom stereocenters. The number of benzene rings is 1. The highest BCUT2D eigenvalue weighted by molar-refractivity contribution is 5.94. The van der Waals surface area contributed by atoms with Gasteiger partial charge in [0.2, 0.25) is 17.6 Å². The van der Waals surface area contributed by atoms with Crippen LogP contribution in [0.5, 0.6) is 0 Å². The van der Waals surface area contributed by atoms with Crippen LogP contribution in [0.2, 0.25) is 0 Å². The van der Waals surface area contributed by atoms with Crippen molar-refractivity contribution in [1.29, 1.82) is 0 Å². The fourth-order valence-electron chi connectivity index (χ4n) is 6.48. The lowest BCUT2D eigenvalue weighted by atomic mass is 10.1. The van der Waals surface area contributed by atoms with Crippen LogP contribution < -0.4 is 20.7 Å². The number of carbonyl (C=O) groups excluding carboxylic acids is 2. The third kappa shape index (κ3) is 6.32. The molecule has 48 heavy (non-hydrogen) atoms. The highest BCUT2D eigenvalue weighted by Crippen LogP contribution is 2.32. The van der Waals surface area contributed by atoms with Gasteiger partial charge in [-0.1, -0.05) is 19.9 Å². The zero-order chi connectivity index (χ0) is 34.2. The molecule has 2 amide bonds. The third-order valence-electron chi connectivity index (χ3n) is 9.03. The Labute approximate surface area is 275 Å². The molecule has 2 fully saturated rings. The average Bonchev–Trinajstić information content (AvgIpc) is 3.77. The van der Waals surface area contributed by atoms with Crippen LogP contribution in [-0.2, 0) is 30.4 Å². The maximum atomic E-state index is 14.1. The molecule has 5 heterocycles. The number of hydrogen-bond donors (Lipinski definition) is 1. The number of nitrogens with one attached hydrogen (secondary N) is 1. The molecule has 0 saturated carbocycles. The predicted octanol–water partition coefficient (Wildman–Crippen LogP) is 3.94. The Morgan fingerprint density at radius 2 is 1.69 bits per heavy atom. The fourth-order valence-corrected chi connectivity index (χ4v) is 6.48. The highest BCUT2D eigenvalue weighted by atomic mass is 19.4. The van der Waals surface area contributed by atoms with Gasteiger partial charge in [-0.05, 0) is 68.0 Å². The molecule has 15 heteroatoms.